The van der Waals surface area contributed by atoms with Gasteiger partial charge in [-0.1, -0.05) is 69.1 Å². The number of carbonyl (C=O) groups is 2. The summed E-state index contributed by atoms with van der Waals surface area (Å²) < 4.78 is 15.2. The molecular formula is C24H47NO4Si4. The molecule has 0 radical (unpaired) electrons. The molecule has 0 amide bonds. The van der Waals surface area contributed by atoms with Gasteiger partial charge in [0.2, 0.25) is 8.32 Å². The molecule has 0 heterocycles. The lowest BCUT2D eigenvalue weighted by Gasteiger charge is -2.49. The highest BCUT2D eigenvalue weighted by molar-refractivity contribution is 6.89. The van der Waals surface area contributed by atoms with Crippen LogP contribution in [0.3, 0.4) is 0 Å². The Morgan fingerprint density at radius 2 is 1.24 bits per heavy atom. The predicted octanol–water partition coefficient (Wildman–Crippen LogP) is 6.51. The van der Waals surface area contributed by atoms with Crippen molar-refractivity contribution in [2.45, 2.75) is 97.5 Å². The molecule has 0 N–H and O–H groups in total. The summed E-state index contributed by atoms with van der Waals surface area (Å²) in [5.41, 5.74) is 0.412. The maximum atomic E-state index is 14.3. The average molecular weight is 526 g/mol. The molecule has 1 unspecified atom stereocenters. The first kappa shape index (κ1) is 30.2. The summed E-state index contributed by atoms with van der Waals surface area (Å²) in [7, 11) is -7.99. The average Bonchev–Trinajstić information content (AvgIpc) is 2.54. The fourth-order valence-corrected chi connectivity index (χ4v) is 15.9. The zero-order chi connectivity index (χ0) is 26.0. The number of hydrogen-bond donors (Lipinski definition) is 0. The van der Waals surface area contributed by atoms with E-state index in [-0.39, 0.29) is 18.2 Å². The number of hydrogen-bond acceptors (Lipinski definition) is 5. The SMILES string of the molecule is Cc1ccc(C(=O)C(CC(=O)O[Si](C)(C)C)(CN([Si](C)(C)C)[Si](C)(C)C)O[Si](C)(C)C)cc1. The Morgan fingerprint density at radius 1 is 0.788 bits per heavy atom. The Bertz CT molecular complexity index is 816. The molecule has 1 aromatic carbocycles. The van der Waals surface area contributed by atoms with Crippen LogP contribution in [0.25, 0.3) is 0 Å². The molecule has 0 saturated carbocycles. The van der Waals surface area contributed by atoms with Crippen LogP contribution in [0.4, 0.5) is 0 Å². The van der Waals surface area contributed by atoms with Gasteiger partial charge in [-0.2, -0.15) is 0 Å². The van der Waals surface area contributed by atoms with Gasteiger partial charge in [-0.3, -0.25) is 9.59 Å². The molecule has 0 saturated heterocycles. The van der Waals surface area contributed by atoms with Crippen molar-refractivity contribution in [3.8, 4) is 0 Å². The van der Waals surface area contributed by atoms with Crippen LogP contribution >= 0.6 is 0 Å². The molecule has 0 bridgehead atoms. The van der Waals surface area contributed by atoms with Crippen molar-refractivity contribution < 1.29 is 18.4 Å². The predicted molar refractivity (Wildman–Crippen MR) is 150 cm³/mol. The Hall–Kier alpha value is -0.852. The number of aryl methyl sites for hydroxylation is 1. The van der Waals surface area contributed by atoms with Gasteiger partial charge in [0.05, 0.1) is 6.42 Å². The zero-order valence-electron chi connectivity index (χ0n) is 23.3. The highest BCUT2D eigenvalue weighted by Crippen LogP contribution is 2.33. The van der Waals surface area contributed by atoms with Gasteiger partial charge in [0.1, 0.15) is 22.1 Å². The van der Waals surface area contributed by atoms with Crippen LogP contribution in [0.1, 0.15) is 22.3 Å². The van der Waals surface area contributed by atoms with E-state index in [2.05, 4.69) is 63.2 Å². The minimum Gasteiger partial charge on any atom is -0.520 e. The van der Waals surface area contributed by atoms with Crippen molar-refractivity contribution in [1.29, 1.82) is 0 Å². The second-order valence-corrected chi connectivity index (χ2v) is 32.2. The third kappa shape index (κ3) is 9.73. The summed E-state index contributed by atoms with van der Waals surface area (Å²) in [4.78, 5) is 27.5. The number of ketones is 1. The van der Waals surface area contributed by atoms with Crippen LogP contribution in [0, 0.1) is 6.92 Å². The summed E-state index contributed by atoms with van der Waals surface area (Å²) in [5, 5.41) is 0. The summed E-state index contributed by atoms with van der Waals surface area (Å²) in [6.07, 6.45) is -0.0558. The summed E-state index contributed by atoms with van der Waals surface area (Å²) in [5.74, 6) is -0.446. The summed E-state index contributed by atoms with van der Waals surface area (Å²) in [6, 6.07) is 7.61. The van der Waals surface area contributed by atoms with Crippen LogP contribution in [0.5, 0.6) is 0 Å². The molecule has 33 heavy (non-hydrogen) atoms. The van der Waals surface area contributed by atoms with Gasteiger partial charge in [0.25, 0.3) is 5.97 Å². The fraction of sp³-hybridized carbons (Fsp3) is 0.667. The van der Waals surface area contributed by atoms with Gasteiger partial charge in [-0.25, -0.2) is 0 Å². The maximum Gasteiger partial charge on any atom is 0.295 e. The van der Waals surface area contributed by atoms with Crippen molar-refractivity contribution in [1.82, 2.24) is 4.23 Å². The van der Waals surface area contributed by atoms with E-state index >= 15 is 0 Å². The molecule has 0 aliphatic carbocycles. The third-order valence-electron chi connectivity index (χ3n) is 5.11. The van der Waals surface area contributed by atoms with Crippen LogP contribution < -0.4 is 0 Å². The lowest BCUT2D eigenvalue weighted by molar-refractivity contribution is -0.138. The lowest BCUT2D eigenvalue weighted by atomic mass is 9.89. The molecule has 0 aliphatic rings. The molecule has 188 valence electrons. The molecule has 0 aromatic heterocycles. The van der Waals surface area contributed by atoms with Crippen LogP contribution in [-0.4, -0.2) is 61.2 Å². The molecular weight excluding hydrogens is 479 g/mol. The van der Waals surface area contributed by atoms with E-state index in [1.54, 1.807) is 0 Å². The number of carbonyl (C=O) groups excluding carboxylic acids is 2. The van der Waals surface area contributed by atoms with Crippen LogP contribution in [0.15, 0.2) is 24.3 Å². The number of nitrogens with zero attached hydrogens (tertiary/aromatic N) is 1. The van der Waals surface area contributed by atoms with Gasteiger partial charge >= 0.3 is 0 Å². The first-order valence-corrected chi connectivity index (χ1v) is 25.6. The molecule has 1 atom stereocenters. The van der Waals surface area contributed by atoms with E-state index < -0.39 is 38.7 Å². The van der Waals surface area contributed by atoms with Crippen molar-refractivity contribution in [2.75, 3.05) is 6.54 Å². The molecule has 5 nitrogen and oxygen atoms in total. The maximum absolute atomic E-state index is 14.3. The van der Waals surface area contributed by atoms with Crippen LogP contribution in [-0.2, 0) is 13.6 Å². The summed E-state index contributed by atoms with van der Waals surface area (Å²) in [6.45, 7) is 28.5. The largest absolute Gasteiger partial charge is 0.520 e. The molecule has 0 spiro atoms. The third-order valence-corrected chi connectivity index (χ3v) is 14.5. The second kappa shape index (κ2) is 10.4. The normalized spacial score (nSPS) is 15.3. The number of rotatable bonds is 11. The monoisotopic (exact) mass is 525 g/mol. The highest BCUT2D eigenvalue weighted by atomic mass is 28.4. The molecule has 9 heteroatoms. The first-order valence-electron chi connectivity index (χ1n) is 11.9. The van der Waals surface area contributed by atoms with Gasteiger partial charge in [0.15, 0.2) is 14.1 Å². The molecule has 1 rings (SSSR count). The minimum absolute atomic E-state index is 0.0558. The van der Waals surface area contributed by atoms with E-state index in [0.29, 0.717) is 12.1 Å². The van der Waals surface area contributed by atoms with Gasteiger partial charge < -0.3 is 13.1 Å². The first-order chi connectivity index (χ1) is 14.6. The Labute approximate surface area is 206 Å². The van der Waals surface area contributed by atoms with Crippen molar-refractivity contribution in [3.05, 3.63) is 35.4 Å². The van der Waals surface area contributed by atoms with Crippen molar-refractivity contribution in [3.63, 3.8) is 0 Å². The van der Waals surface area contributed by atoms with E-state index in [4.69, 9.17) is 8.85 Å². The quantitative estimate of drug-likeness (QED) is 0.243. The Morgan fingerprint density at radius 3 is 1.61 bits per heavy atom. The number of benzene rings is 1. The van der Waals surface area contributed by atoms with E-state index in [1.165, 1.54) is 0 Å². The van der Waals surface area contributed by atoms with Crippen LogP contribution in [0.2, 0.25) is 78.6 Å². The lowest BCUT2D eigenvalue weighted by Crippen LogP contribution is -2.67. The highest BCUT2D eigenvalue weighted by Gasteiger charge is 2.50. The molecule has 0 aliphatic heterocycles. The molecule has 0 fully saturated rings. The van der Waals surface area contributed by atoms with E-state index in [1.807, 2.05) is 50.8 Å². The van der Waals surface area contributed by atoms with E-state index in [0.717, 1.165) is 5.56 Å². The standard InChI is InChI=1S/C24H47NO4Si4/c1-20-14-16-21(17-15-20)23(27)24(29-33(11,12)13,18-22(26)28-32(8,9)10)19-25(30(2,3)4)31(5,6)7/h14-17H,18-19H2,1-13H3. The Balaban J connectivity index is 3.73. The van der Waals surface area contributed by atoms with E-state index in [9.17, 15) is 9.59 Å². The zero-order valence-corrected chi connectivity index (χ0v) is 27.3. The summed E-state index contributed by atoms with van der Waals surface area (Å²) >= 11 is 0. The van der Waals surface area contributed by atoms with Crippen molar-refractivity contribution >= 4 is 44.9 Å². The second-order valence-electron chi connectivity index (χ2n) is 13.1. The molecule has 1 aromatic rings. The smallest absolute Gasteiger partial charge is 0.295 e. The van der Waals surface area contributed by atoms with Crippen molar-refractivity contribution in [2.24, 2.45) is 0 Å². The van der Waals surface area contributed by atoms with Gasteiger partial charge in [-0.15, -0.1) is 0 Å². The van der Waals surface area contributed by atoms with Gasteiger partial charge in [0, 0.05) is 12.1 Å². The minimum atomic E-state index is -2.22. The topological polar surface area (TPSA) is 55.8 Å². The number of Topliss-reactive ketones (excluding diaryl/α,β-unsaturated/α-hetero) is 1. The fourth-order valence-electron chi connectivity index (χ4n) is 4.22. The Kier molecular flexibility index (Phi) is 9.52. The van der Waals surface area contributed by atoms with Gasteiger partial charge in [-0.05, 0) is 46.2 Å².